The standard InChI is InChI=1S/C29H36N4O4S/c1-21-27(20-38(35,36)26-13-16-33(17-14-26)25-7-3-2-4-8-25)32-29(37-21)24-11-9-23(10-12-24)28(34)31-19-22-6-5-15-30-18-22/h5-6,9-12,15,18,25-26H,2-4,7-8,13-14,16-17,19-20H2,1H3,(H,31,34). The van der Waals surface area contributed by atoms with Crippen LogP contribution in [0.3, 0.4) is 0 Å². The molecule has 0 spiro atoms. The highest BCUT2D eigenvalue weighted by Crippen LogP contribution is 2.29. The van der Waals surface area contributed by atoms with Gasteiger partial charge in [-0.3, -0.25) is 9.78 Å². The van der Waals surface area contributed by atoms with Crippen molar-refractivity contribution >= 4 is 15.7 Å². The molecule has 8 nitrogen and oxygen atoms in total. The molecular formula is C29H36N4O4S. The highest BCUT2D eigenvalue weighted by Gasteiger charge is 2.34. The summed E-state index contributed by atoms with van der Waals surface area (Å²) in [6.07, 6.45) is 11.2. The van der Waals surface area contributed by atoms with Crippen molar-refractivity contribution in [3.05, 3.63) is 71.4 Å². The van der Waals surface area contributed by atoms with Gasteiger partial charge in [-0.25, -0.2) is 13.4 Å². The van der Waals surface area contributed by atoms with Gasteiger partial charge in [0.15, 0.2) is 9.84 Å². The molecule has 1 aromatic carbocycles. The Morgan fingerprint density at radius 2 is 1.79 bits per heavy atom. The molecule has 2 aliphatic rings. The number of rotatable bonds is 8. The summed E-state index contributed by atoms with van der Waals surface area (Å²) in [4.78, 5) is 23.6. The number of aryl methyl sites for hydroxylation is 1. The van der Waals surface area contributed by atoms with E-state index in [1.165, 1.54) is 32.1 Å². The summed E-state index contributed by atoms with van der Waals surface area (Å²) < 4.78 is 32.4. The third-order valence-electron chi connectivity index (χ3n) is 7.88. The molecule has 1 N–H and O–H groups in total. The second-order valence-corrected chi connectivity index (χ2v) is 12.8. The third-order valence-corrected chi connectivity index (χ3v) is 10.0. The summed E-state index contributed by atoms with van der Waals surface area (Å²) in [7, 11) is -3.34. The molecule has 202 valence electrons. The lowest BCUT2D eigenvalue weighted by Gasteiger charge is -2.39. The Hall–Kier alpha value is -3.04. The first-order valence-corrected chi connectivity index (χ1v) is 15.3. The predicted molar refractivity (Wildman–Crippen MR) is 146 cm³/mol. The van der Waals surface area contributed by atoms with Crippen LogP contribution in [0, 0.1) is 6.92 Å². The molecule has 3 aromatic rings. The zero-order chi connectivity index (χ0) is 26.5. The molecule has 3 heterocycles. The van der Waals surface area contributed by atoms with Crippen LogP contribution in [0.2, 0.25) is 0 Å². The summed E-state index contributed by atoms with van der Waals surface area (Å²) in [5.41, 5.74) is 2.60. The van der Waals surface area contributed by atoms with Crippen molar-refractivity contribution in [3.63, 3.8) is 0 Å². The van der Waals surface area contributed by atoms with E-state index in [1.54, 1.807) is 43.6 Å². The third kappa shape index (κ3) is 6.32. The quantitative estimate of drug-likeness (QED) is 0.445. The summed E-state index contributed by atoms with van der Waals surface area (Å²) in [5.74, 6) is 0.583. The molecule has 0 radical (unpaired) electrons. The minimum Gasteiger partial charge on any atom is -0.441 e. The van der Waals surface area contributed by atoms with E-state index in [-0.39, 0.29) is 16.9 Å². The highest BCUT2D eigenvalue weighted by atomic mass is 32.2. The van der Waals surface area contributed by atoms with Crippen LogP contribution >= 0.6 is 0 Å². The Balaban J connectivity index is 1.18. The molecule has 0 unspecified atom stereocenters. The van der Waals surface area contributed by atoms with Crippen LogP contribution in [0.5, 0.6) is 0 Å². The number of carbonyl (C=O) groups excluding carboxylic acids is 1. The SMILES string of the molecule is Cc1oc(-c2ccc(C(=O)NCc3cccnc3)cc2)nc1CS(=O)(=O)C1CCN(C2CCCCC2)CC1. The Morgan fingerprint density at radius 3 is 2.47 bits per heavy atom. The van der Waals surface area contributed by atoms with Crippen molar-refractivity contribution < 1.29 is 17.6 Å². The van der Waals surface area contributed by atoms with E-state index in [9.17, 15) is 13.2 Å². The van der Waals surface area contributed by atoms with Gasteiger partial charge in [-0.1, -0.05) is 25.3 Å². The number of oxazole rings is 1. The van der Waals surface area contributed by atoms with E-state index >= 15 is 0 Å². The first kappa shape index (κ1) is 26.6. The van der Waals surface area contributed by atoms with Crippen molar-refractivity contribution in [1.29, 1.82) is 0 Å². The van der Waals surface area contributed by atoms with Gasteiger partial charge in [0.25, 0.3) is 5.91 Å². The molecule has 5 rings (SSSR count). The molecule has 1 amide bonds. The Morgan fingerprint density at radius 1 is 1.05 bits per heavy atom. The lowest BCUT2D eigenvalue weighted by atomic mass is 9.93. The molecule has 0 bridgehead atoms. The van der Waals surface area contributed by atoms with Crippen LogP contribution in [0.4, 0.5) is 0 Å². The number of amides is 1. The fourth-order valence-corrected chi connectivity index (χ4v) is 7.41. The van der Waals surface area contributed by atoms with Gasteiger partial charge in [-0.05, 0) is 81.6 Å². The maximum Gasteiger partial charge on any atom is 0.251 e. The number of benzene rings is 1. The Bertz CT molecular complexity index is 1320. The van der Waals surface area contributed by atoms with E-state index in [0.717, 1.165) is 18.7 Å². The van der Waals surface area contributed by atoms with Crippen molar-refractivity contribution in [2.24, 2.45) is 0 Å². The van der Waals surface area contributed by atoms with E-state index < -0.39 is 9.84 Å². The number of hydrogen-bond donors (Lipinski definition) is 1. The molecule has 1 saturated heterocycles. The molecular weight excluding hydrogens is 500 g/mol. The fraction of sp³-hybridized carbons (Fsp3) is 0.483. The lowest BCUT2D eigenvalue weighted by Crippen LogP contribution is -2.45. The molecule has 1 aliphatic heterocycles. The minimum absolute atomic E-state index is 0.106. The number of pyridine rings is 1. The summed E-state index contributed by atoms with van der Waals surface area (Å²) in [6.45, 7) is 3.87. The zero-order valence-electron chi connectivity index (χ0n) is 21.9. The van der Waals surface area contributed by atoms with Crippen LogP contribution in [0.15, 0.2) is 53.2 Å². The lowest BCUT2D eigenvalue weighted by molar-refractivity contribution is 0.0951. The predicted octanol–water partition coefficient (Wildman–Crippen LogP) is 4.69. The van der Waals surface area contributed by atoms with E-state index in [4.69, 9.17) is 4.42 Å². The second kappa shape index (κ2) is 11.8. The number of piperidine rings is 1. The van der Waals surface area contributed by atoms with Gasteiger partial charge in [0.2, 0.25) is 5.89 Å². The second-order valence-electron chi connectivity index (χ2n) is 10.5. The number of aromatic nitrogens is 2. The van der Waals surface area contributed by atoms with Gasteiger partial charge in [-0.15, -0.1) is 0 Å². The Labute approximate surface area is 224 Å². The molecule has 9 heteroatoms. The summed E-state index contributed by atoms with van der Waals surface area (Å²) >= 11 is 0. The first-order valence-electron chi connectivity index (χ1n) is 13.6. The van der Waals surface area contributed by atoms with Crippen molar-refractivity contribution in [1.82, 2.24) is 20.2 Å². The van der Waals surface area contributed by atoms with Crippen molar-refractivity contribution in [2.75, 3.05) is 13.1 Å². The van der Waals surface area contributed by atoms with Crippen molar-refractivity contribution in [3.8, 4) is 11.5 Å². The van der Waals surface area contributed by atoms with Gasteiger partial charge in [0, 0.05) is 36.1 Å². The van der Waals surface area contributed by atoms with Crippen LogP contribution in [-0.4, -0.2) is 53.6 Å². The molecule has 1 aliphatic carbocycles. The topological polar surface area (TPSA) is 105 Å². The molecule has 38 heavy (non-hydrogen) atoms. The fourth-order valence-electron chi connectivity index (χ4n) is 5.59. The monoisotopic (exact) mass is 536 g/mol. The number of nitrogens with one attached hydrogen (secondary N) is 1. The van der Waals surface area contributed by atoms with E-state index in [2.05, 4.69) is 20.2 Å². The molecule has 0 atom stereocenters. The zero-order valence-corrected chi connectivity index (χ0v) is 22.8. The number of carbonyl (C=O) groups is 1. The van der Waals surface area contributed by atoms with Crippen LogP contribution in [-0.2, 0) is 22.1 Å². The Kier molecular flexibility index (Phi) is 8.24. The first-order chi connectivity index (χ1) is 18.4. The van der Waals surface area contributed by atoms with Crippen LogP contribution in [0.1, 0.15) is 72.3 Å². The minimum atomic E-state index is -3.34. The number of sulfone groups is 1. The molecule has 2 fully saturated rings. The maximum absolute atomic E-state index is 13.3. The van der Waals surface area contributed by atoms with Crippen LogP contribution < -0.4 is 5.32 Å². The van der Waals surface area contributed by atoms with E-state index in [0.29, 0.717) is 53.9 Å². The summed E-state index contributed by atoms with van der Waals surface area (Å²) in [6, 6.07) is 11.3. The smallest absolute Gasteiger partial charge is 0.251 e. The number of likely N-dealkylation sites (tertiary alicyclic amines) is 1. The summed E-state index contributed by atoms with van der Waals surface area (Å²) in [5, 5.41) is 2.55. The maximum atomic E-state index is 13.3. The average molecular weight is 537 g/mol. The van der Waals surface area contributed by atoms with Crippen molar-refractivity contribution in [2.45, 2.75) is 75.5 Å². The molecule has 1 saturated carbocycles. The largest absolute Gasteiger partial charge is 0.441 e. The molecule has 2 aromatic heterocycles. The van der Waals surface area contributed by atoms with Gasteiger partial charge in [-0.2, -0.15) is 0 Å². The number of nitrogens with zero attached hydrogens (tertiary/aromatic N) is 3. The normalized spacial score (nSPS) is 17.9. The van der Waals surface area contributed by atoms with Gasteiger partial charge in [0.1, 0.15) is 5.76 Å². The van der Waals surface area contributed by atoms with E-state index in [1.807, 2.05) is 12.1 Å². The average Bonchev–Trinajstić information content (AvgIpc) is 3.32. The van der Waals surface area contributed by atoms with Gasteiger partial charge >= 0.3 is 0 Å². The van der Waals surface area contributed by atoms with Gasteiger partial charge < -0.3 is 14.6 Å². The van der Waals surface area contributed by atoms with Gasteiger partial charge in [0.05, 0.1) is 16.7 Å². The highest BCUT2D eigenvalue weighted by molar-refractivity contribution is 7.91. The number of hydrogen-bond acceptors (Lipinski definition) is 7. The van der Waals surface area contributed by atoms with Crippen LogP contribution in [0.25, 0.3) is 11.5 Å².